The summed E-state index contributed by atoms with van der Waals surface area (Å²) in [5.74, 6) is 0.661. The maximum Gasteiger partial charge on any atom is 0.238 e. The zero-order valence-corrected chi connectivity index (χ0v) is 17.4. The predicted molar refractivity (Wildman–Crippen MR) is 119 cm³/mol. The van der Waals surface area contributed by atoms with Gasteiger partial charge in [-0.25, -0.2) is 23.5 Å². The van der Waals surface area contributed by atoms with Crippen LogP contribution in [-0.4, -0.2) is 37.5 Å². The molecule has 2 aromatic heterocycles. The minimum atomic E-state index is -3.75. The van der Waals surface area contributed by atoms with Crippen molar-refractivity contribution >= 4 is 32.6 Å². The summed E-state index contributed by atoms with van der Waals surface area (Å²) >= 11 is 0. The van der Waals surface area contributed by atoms with Gasteiger partial charge in [0.2, 0.25) is 10.0 Å². The van der Waals surface area contributed by atoms with Crippen molar-refractivity contribution in [1.82, 2.24) is 15.0 Å². The van der Waals surface area contributed by atoms with Crippen molar-refractivity contribution in [2.45, 2.75) is 11.4 Å². The number of benzene rings is 2. The van der Waals surface area contributed by atoms with Gasteiger partial charge in [0, 0.05) is 38.1 Å². The fraction of sp³-hybridized carbons (Fsp3) is 0.143. The highest BCUT2D eigenvalue weighted by atomic mass is 32.2. The predicted octanol–water partition coefficient (Wildman–Crippen LogP) is 2.95. The van der Waals surface area contributed by atoms with Crippen LogP contribution < -0.4 is 15.4 Å². The Morgan fingerprint density at radius 2 is 1.87 bits per heavy atom. The number of nitrogens with zero attached hydrogens (tertiary/aromatic N) is 3. The lowest BCUT2D eigenvalue weighted by Crippen LogP contribution is -2.12. The lowest BCUT2D eigenvalue weighted by molar-refractivity contribution is 0.597. The van der Waals surface area contributed by atoms with Crippen LogP contribution in [0.3, 0.4) is 0 Å². The molecular formula is C21H22N6O2S. The summed E-state index contributed by atoms with van der Waals surface area (Å²) in [6.07, 6.45) is 3.40. The smallest absolute Gasteiger partial charge is 0.238 e. The molecule has 154 valence electrons. The Bertz CT molecular complexity index is 1300. The van der Waals surface area contributed by atoms with Crippen molar-refractivity contribution in [2.75, 3.05) is 24.3 Å². The summed E-state index contributed by atoms with van der Waals surface area (Å²) in [6.45, 7) is 0.389. The van der Waals surface area contributed by atoms with E-state index in [-0.39, 0.29) is 4.90 Å². The lowest BCUT2D eigenvalue weighted by Gasteiger charge is -2.13. The molecule has 8 nitrogen and oxygen atoms in total. The van der Waals surface area contributed by atoms with Gasteiger partial charge >= 0.3 is 0 Å². The molecule has 0 spiro atoms. The molecule has 9 heteroatoms. The highest BCUT2D eigenvalue weighted by molar-refractivity contribution is 7.89. The molecule has 4 N–H and O–H groups in total. The van der Waals surface area contributed by atoms with Crippen molar-refractivity contribution in [3.05, 3.63) is 66.6 Å². The third kappa shape index (κ3) is 3.98. The second-order valence-corrected chi connectivity index (χ2v) is 8.70. The molecule has 0 fully saturated rings. The summed E-state index contributed by atoms with van der Waals surface area (Å²) in [6, 6.07) is 14.8. The zero-order valence-electron chi connectivity index (χ0n) is 16.6. The van der Waals surface area contributed by atoms with E-state index in [1.54, 1.807) is 12.1 Å². The largest absolute Gasteiger partial charge is 0.378 e. The molecule has 0 radical (unpaired) electrons. The fourth-order valence-electron chi connectivity index (χ4n) is 3.28. The number of primary sulfonamides is 1. The summed E-state index contributed by atoms with van der Waals surface area (Å²) in [5.41, 5.74) is 4.64. The maximum absolute atomic E-state index is 11.6. The average molecular weight is 423 g/mol. The summed E-state index contributed by atoms with van der Waals surface area (Å²) in [4.78, 5) is 14.1. The van der Waals surface area contributed by atoms with Crippen LogP contribution in [0.2, 0.25) is 0 Å². The monoisotopic (exact) mass is 422 g/mol. The van der Waals surface area contributed by atoms with Gasteiger partial charge in [-0.3, -0.25) is 0 Å². The number of hydrogen-bond acceptors (Lipinski definition) is 6. The van der Waals surface area contributed by atoms with Crippen LogP contribution in [-0.2, 0) is 16.6 Å². The van der Waals surface area contributed by atoms with E-state index in [9.17, 15) is 8.42 Å². The molecule has 30 heavy (non-hydrogen) atoms. The molecule has 0 atom stereocenters. The van der Waals surface area contributed by atoms with Crippen LogP contribution in [0.4, 0.5) is 11.5 Å². The van der Waals surface area contributed by atoms with Crippen molar-refractivity contribution in [3.8, 4) is 11.1 Å². The Hall–Kier alpha value is -3.43. The van der Waals surface area contributed by atoms with Crippen LogP contribution in [0.15, 0.2) is 66.0 Å². The van der Waals surface area contributed by atoms with Gasteiger partial charge in [0.1, 0.15) is 17.8 Å². The fourth-order valence-corrected chi connectivity index (χ4v) is 3.87. The summed E-state index contributed by atoms with van der Waals surface area (Å²) in [7, 11) is 0.255. The third-order valence-corrected chi connectivity index (χ3v) is 5.76. The van der Waals surface area contributed by atoms with Crippen LogP contribution in [0.1, 0.15) is 5.56 Å². The van der Waals surface area contributed by atoms with Crippen molar-refractivity contribution in [3.63, 3.8) is 0 Å². The van der Waals surface area contributed by atoms with E-state index in [1.807, 2.05) is 31.3 Å². The molecule has 0 aliphatic carbocycles. The topological polar surface area (TPSA) is 117 Å². The Morgan fingerprint density at radius 1 is 1.10 bits per heavy atom. The van der Waals surface area contributed by atoms with E-state index in [2.05, 4.69) is 44.5 Å². The SMILES string of the molecule is CN(C)c1ccc(-c2c[nH]c3ncnc(NCc4cccc(S(N)(=O)=O)c4)c23)cc1. The van der Waals surface area contributed by atoms with Gasteiger partial charge in [-0.05, 0) is 35.4 Å². The molecular weight excluding hydrogens is 400 g/mol. The molecule has 4 aromatic rings. The molecule has 2 aromatic carbocycles. The molecule has 2 heterocycles. The van der Waals surface area contributed by atoms with Crippen molar-refractivity contribution in [1.29, 1.82) is 0 Å². The number of H-pyrrole nitrogens is 1. The number of anilines is 2. The second-order valence-electron chi connectivity index (χ2n) is 7.14. The number of nitrogens with one attached hydrogen (secondary N) is 2. The molecule has 0 saturated heterocycles. The zero-order chi connectivity index (χ0) is 21.3. The number of rotatable bonds is 6. The number of aromatic amines is 1. The van der Waals surface area contributed by atoms with E-state index in [0.29, 0.717) is 12.4 Å². The summed E-state index contributed by atoms with van der Waals surface area (Å²) < 4.78 is 23.2. The Labute approximate surface area is 174 Å². The van der Waals surface area contributed by atoms with E-state index < -0.39 is 10.0 Å². The Balaban J connectivity index is 1.66. The Kier molecular flexibility index (Phi) is 5.15. The molecule has 0 bridgehead atoms. The van der Waals surface area contributed by atoms with Crippen LogP contribution in [0.5, 0.6) is 0 Å². The standard InChI is InChI=1S/C21H22N6O2S/c1-27(2)16-8-6-15(7-9-16)18-12-24-21-19(18)20(25-13-26-21)23-11-14-4-3-5-17(10-14)30(22,28)29/h3-10,12-13H,11H2,1-2H3,(H2,22,28,29)(H2,23,24,25,26). The molecule has 0 unspecified atom stereocenters. The van der Waals surface area contributed by atoms with E-state index in [4.69, 9.17) is 5.14 Å². The van der Waals surface area contributed by atoms with Gasteiger partial charge in [0.25, 0.3) is 0 Å². The highest BCUT2D eigenvalue weighted by Crippen LogP contribution is 2.33. The normalized spacial score (nSPS) is 11.6. The molecule has 0 amide bonds. The van der Waals surface area contributed by atoms with Crippen LogP contribution in [0.25, 0.3) is 22.2 Å². The quantitative estimate of drug-likeness (QED) is 0.440. The maximum atomic E-state index is 11.6. The van der Waals surface area contributed by atoms with Crippen molar-refractivity contribution in [2.24, 2.45) is 5.14 Å². The summed E-state index contributed by atoms with van der Waals surface area (Å²) in [5, 5.41) is 9.40. The van der Waals surface area contributed by atoms with Gasteiger partial charge in [-0.2, -0.15) is 0 Å². The average Bonchev–Trinajstić information content (AvgIpc) is 3.17. The van der Waals surface area contributed by atoms with Gasteiger partial charge in [0.15, 0.2) is 0 Å². The van der Waals surface area contributed by atoms with E-state index in [1.165, 1.54) is 12.4 Å². The van der Waals surface area contributed by atoms with Gasteiger partial charge < -0.3 is 15.2 Å². The third-order valence-electron chi connectivity index (χ3n) is 4.85. The lowest BCUT2D eigenvalue weighted by atomic mass is 10.1. The second kappa shape index (κ2) is 7.77. The van der Waals surface area contributed by atoms with E-state index in [0.717, 1.165) is 33.4 Å². The number of nitrogens with two attached hydrogens (primary N) is 1. The minimum absolute atomic E-state index is 0.0814. The highest BCUT2D eigenvalue weighted by Gasteiger charge is 2.14. The first-order valence-electron chi connectivity index (χ1n) is 9.28. The molecule has 0 saturated carbocycles. The van der Waals surface area contributed by atoms with Gasteiger partial charge in [-0.1, -0.05) is 24.3 Å². The molecule has 0 aliphatic heterocycles. The van der Waals surface area contributed by atoms with E-state index >= 15 is 0 Å². The first-order valence-corrected chi connectivity index (χ1v) is 10.8. The number of aromatic nitrogens is 3. The number of hydrogen-bond donors (Lipinski definition) is 3. The number of sulfonamides is 1. The number of fused-ring (bicyclic) bond motifs is 1. The van der Waals surface area contributed by atoms with Crippen LogP contribution in [0, 0.1) is 0 Å². The van der Waals surface area contributed by atoms with Gasteiger partial charge in [-0.15, -0.1) is 0 Å². The minimum Gasteiger partial charge on any atom is -0.378 e. The van der Waals surface area contributed by atoms with Crippen molar-refractivity contribution < 1.29 is 8.42 Å². The molecule has 0 aliphatic rings. The first kappa shape index (κ1) is 19.9. The van der Waals surface area contributed by atoms with Crippen LogP contribution >= 0.6 is 0 Å². The Morgan fingerprint density at radius 3 is 2.57 bits per heavy atom. The first-order chi connectivity index (χ1) is 14.3. The van der Waals surface area contributed by atoms with Gasteiger partial charge in [0.05, 0.1) is 10.3 Å². The molecule has 4 rings (SSSR count).